The van der Waals surface area contributed by atoms with Crippen molar-refractivity contribution in [2.75, 3.05) is 0 Å². The molecule has 2 unspecified atom stereocenters. The Morgan fingerprint density at radius 1 is 1.39 bits per heavy atom. The molecule has 124 valence electrons. The molecule has 2 rings (SSSR count). The van der Waals surface area contributed by atoms with Crippen LogP contribution in [-0.4, -0.2) is 22.4 Å². The van der Waals surface area contributed by atoms with Crippen LogP contribution >= 0.6 is 11.6 Å². The number of alkyl halides is 1. The number of halogens is 1. The van der Waals surface area contributed by atoms with Gasteiger partial charge < -0.3 is 14.8 Å². The van der Waals surface area contributed by atoms with Gasteiger partial charge in [-0.1, -0.05) is 19.9 Å². The van der Waals surface area contributed by atoms with Gasteiger partial charge in [-0.25, -0.2) is 0 Å². The number of carbonyl (C=O) groups is 2. The maximum Gasteiger partial charge on any atom is 0.315 e. The Morgan fingerprint density at radius 2 is 2.04 bits per heavy atom. The maximum absolute atomic E-state index is 12.4. The standard InChI is InChI=1S/C17H20ClNO4/c1-9(2)17(16(21)22)8-12(5-6-14(17)18)19-15(20)13-7-10(3)23-11(13)4/h5-9,14H,1-4H3,(H,19,20)(H,21,22). The van der Waals surface area contributed by atoms with Crippen molar-refractivity contribution in [3.8, 4) is 0 Å². The molecule has 23 heavy (non-hydrogen) atoms. The van der Waals surface area contributed by atoms with Crippen molar-refractivity contribution in [1.82, 2.24) is 5.32 Å². The lowest BCUT2D eigenvalue weighted by molar-refractivity contribution is -0.148. The molecule has 0 saturated heterocycles. The van der Waals surface area contributed by atoms with Crippen LogP contribution in [0.1, 0.15) is 35.7 Å². The van der Waals surface area contributed by atoms with Crippen LogP contribution in [0, 0.1) is 25.2 Å². The van der Waals surface area contributed by atoms with Crippen LogP contribution in [0.5, 0.6) is 0 Å². The first kappa shape index (κ1) is 17.3. The Labute approximate surface area is 140 Å². The van der Waals surface area contributed by atoms with Crippen molar-refractivity contribution >= 4 is 23.5 Å². The van der Waals surface area contributed by atoms with Gasteiger partial charge in [0.1, 0.15) is 16.9 Å². The number of allylic oxidation sites excluding steroid dienone is 2. The molecule has 5 nitrogen and oxygen atoms in total. The predicted octanol–water partition coefficient (Wildman–Crippen LogP) is 3.41. The van der Waals surface area contributed by atoms with E-state index in [1.165, 1.54) is 6.08 Å². The summed E-state index contributed by atoms with van der Waals surface area (Å²) in [5.41, 5.74) is -0.420. The number of carboxylic acids is 1. The molecule has 2 N–H and O–H groups in total. The fourth-order valence-electron chi connectivity index (χ4n) is 2.78. The third-order valence-electron chi connectivity index (χ3n) is 4.16. The zero-order chi connectivity index (χ0) is 17.4. The van der Waals surface area contributed by atoms with Gasteiger partial charge in [0.15, 0.2) is 0 Å². The highest BCUT2D eigenvalue weighted by molar-refractivity contribution is 6.24. The van der Waals surface area contributed by atoms with E-state index in [1.54, 1.807) is 45.9 Å². The molecule has 1 aliphatic carbocycles. The van der Waals surface area contributed by atoms with Crippen molar-refractivity contribution in [3.63, 3.8) is 0 Å². The fourth-order valence-corrected chi connectivity index (χ4v) is 3.26. The van der Waals surface area contributed by atoms with Gasteiger partial charge in [-0.15, -0.1) is 11.6 Å². The maximum atomic E-state index is 12.4. The summed E-state index contributed by atoms with van der Waals surface area (Å²) < 4.78 is 5.35. The molecular formula is C17H20ClNO4. The first-order chi connectivity index (χ1) is 10.7. The molecular weight excluding hydrogens is 318 g/mol. The number of nitrogens with one attached hydrogen (secondary N) is 1. The average molecular weight is 338 g/mol. The monoisotopic (exact) mass is 337 g/mol. The van der Waals surface area contributed by atoms with Gasteiger partial charge in [0.25, 0.3) is 5.91 Å². The lowest BCUT2D eigenvalue weighted by atomic mass is 9.71. The van der Waals surface area contributed by atoms with Crippen LogP contribution in [0.2, 0.25) is 0 Å². The third kappa shape index (κ3) is 3.06. The lowest BCUT2D eigenvalue weighted by Crippen LogP contribution is -2.44. The summed E-state index contributed by atoms with van der Waals surface area (Å²) in [5.74, 6) is -0.435. The molecule has 0 radical (unpaired) electrons. The minimum Gasteiger partial charge on any atom is -0.481 e. The molecule has 1 aromatic heterocycles. The van der Waals surface area contributed by atoms with Crippen LogP contribution in [0.4, 0.5) is 0 Å². The zero-order valence-corrected chi connectivity index (χ0v) is 14.3. The van der Waals surface area contributed by atoms with E-state index in [0.717, 1.165) is 0 Å². The normalized spacial score (nSPS) is 23.7. The smallest absolute Gasteiger partial charge is 0.315 e. The first-order valence-corrected chi connectivity index (χ1v) is 7.79. The Hall–Kier alpha value is -2.01. The van der Waals surface area contributed by atoms with Crippen LogP contribution in [0.25, 0.3) is 0 Å². The third-order valence-corrected chi connectivity index (χ3v) is 4.67. The lowest BCUT2D eigenvalue weighted by Gasteiger charge is -2.36. The molecule has 0 bridgehead atoms. The van der Waals surface area contributed by atoms with Gasteiger partial charge in [0, 0.05) is 5.70 Å². The van der Waals surface area contributed by atoms with Gasteiger partial charge in [0.2, 0.25) is 0 Å². The summed E-state index contributed by atoms with van der Waals surface area (Å²) >= 11 is 6.24. The van der Waals surface area contributed by atoms with E-state index in [9.17, 15) is 14.7 Å². The van der Waals surface area contributed by atoms with E-state index in [4.69, 9.17) is 16.0 Å². The molecule has 1 aliphatic rings. The molecule has 0 aliphatic heterocycles. The number of aliphatic carboxylic acids is 1. The fraction of sp³-hybridized carbons (Fsp3) is 0.412. The number of furan rings is 1. The highest BCUT2D eigenvalue weighted by Gasteiger charge is 2.47. The second-order valence-electron chi connectivity index (χ2n) is 6.03. The quantitative estimate of drug-likeness (QED) is 0.825. The number of aryl methyl sites for hydroxylation is 2. The largest absolute Gasteiger partial charge is 0.481 e. The average Bonchev–Trinajstić information content (AvgIpc) is 2.79. The van der Waals surface area contributed by atoms with Crippen molar-refractivity contribution in [2.45, 2.75) is 33.1 Å². The van der Waals surface area contributed by atoms with Gasteiger partial charge in [-0.05, 0) is 38.0 Å². The number of carboxylic acid groups (broad SMARTS) is 1. The topological polar surface area (TPSA) is 79.5 Å². The Balaban J connectivity index is 2.33. The minimum atomic E-state index is -1.26. The van der Waals surface area contributed by atoms with Crippen molar-refractivity contribution in [1.29, 1.82) is 0 Å². The minimum absolute atomic E-state index is 0.239. The van der Waals surface area contributed by atoms with E-state index >= 15 is 0 Å². The summed E-state index contributed by atoms with van der Waals surface area (Å²) in [6.45, 7) is 7.05. The van der Waals surface area contributed by atoms with Crippen molar-refractivity contribution in [3.05, 3.63) is 47.1 Å². The van der Waals surface area contributed by atoms with E-state index in [1.807, 2.05) is 0 Å². The highest BCUT2D eigenvalue weighted by Crippen LogP contribution is 2.41. The van der Waals surface area contributed by atoms with E-state index in [2.05, 4.69) is 5.32 Å². The molecule has 0 aromatic carbocycles. The Kier molecular flexibility index (Phi) is 4.71. The molecule has 0 spiro atoms. The van der Waals surface area contributed by atoms with Crippen molar-refractivity contribution < 1.29 is 19.1 Å². The zero-order valence-electron chi connectivity index (χ0n) is 13.5. The van der Waals surface area contributed by atoms with Gasteiger partial charge in [0.05, 0.1) is 10.9 Å². The number of hydrogen-bond acceptors (Lipinski definition) is 3. The van der Waals surface area contributed by atoms with Crippen LogP contribution in [0.3, 0.4) is 0 Å². The summed E-state index contributed by atoms with van der Waals surface area (Å²) in [4.78, 5) is 24.1. The predicted molar refractivity (Wildman–Crippen MR) is 87.4 cm³/mol. The number of amides is 1. The second-order valence-corrected chi connectivity index (χ2v) is 6.50. The molecule has 0 fully saturated rings. The highest BCUT2D eigenvalue weighted by atomic mass is 35.5. The van der Waals surface area contributed by atoms with Gasteiger partial charge in [-0.3, -0.25) is 9.59 Å². The second kappa shape index (κ2) is 6.24. The number of rotatable bonds is 4. The van der Waals surface area contributed by atoms with E-state index in [-0.39, 0.29) is 11.8 Å². The molecule has 1 heterocycles. The van der Waals surface area contributed by atoms with Gasteiger partial charge >= 0.3 is 5.97 Å². The molecule has 1 aromatic rings. The SMILES string of the molecule is Cc1cc(C(=O)NC2=CC(C(=O)O)(C(C)C)C(Cl)C=C2)c(C)o1. The van der Waals surface area contributed by atoms with Crippen molar-refractivity contribution in [2.24, 2.45) is 11.3 Å². The van der Waals surface area contributed by atoms with Crippen LogP contribution in [0.15, 0.2) is 34.4 Å². The van der Waals surface area contributed by atoms with Gasteiger partial charge in [-0.2, -0.15) is 0 Å². The summed E-state index contributed by atoms with van der Waals surface area (Å²) in [6.07, 6.45) is 4.75. The Bertz CT molecular complexity index is 701. The summed E-state index contributed by atoms with van der Waals surface area (Å²) in [5, 5.41) is 11.7. The van der Waals surface area contributed by atoms with E-state index in [0.29, 0.717) is 22.8 Å². The molecule has 2 atom stereocenters. The number of hydrogen-bond donors (Lipinski definition) is 2. The number of carbonyl (C=O) groups excluding carboxylic acids is 1. The summed E-state index contributed by atoms with van der Waals surface area (Å²) in [6, 6.07) is 1.65. The molecule has 1 amide bonds. The first-order valence-electron chi connectivity index (χ1n) is 7.35. The van der Waals surface area contributed by atoms with Crippen LogP contribution in [-0.2, 0) is 4.79 Å². The summed E-state index contributed by atoms with van der Waals surface area (Å²) in [7, 11) is 0. The molecule has 0 saturated carbocycles. The van der Waals surface area contributed by atoms with Crippen LogP contribution < -0.4 is 5.32 Å². The van der Waals surface area contributed by atoms with E-state index < -0.39 is 16.8 Å². The Morgan fingerprint density at radius 3 is 2.52 bits per heavy atom. The molecule has 6 heteroatoms.